The van der Waals surface area contributed by atoms with Crippen molar-refractivity contribution in [3.8, 4) is 0 Å². The fourth-order valence-corrected chi connectivity index (χ4v) is 4.73. The Kier molecular flexibility index (Phi) is 8.85. The fourth-order valence-electron chi connectivity index (χ4n) is 3.90. The molecule has 2 heterocycles. The number of para-hydroxylation sites is 1. The zero-order valence-electron chi connectivity index (χ0n) is 20.1. The number of rotatable bonds is 11. The number of methoxy groups -OCH3 is 1. The van der Waals surface area contributed by atoms with Gasteiger partial charge in [0, 0.05) is 32.4 Å². The smallest absolute Gasteiger partial charge is 0.259 e. The molecule has 4 rings (SSSR count). The van der Waals surface area contributed by atoms with Crippen LogP contribution in [0, 0.1) is 0 Å². The van der Waals surface area contributed by atoms with E-state index in [0.29, 0.717) is 42.8 Å². The molecule has 0 spiro atoms. The fraction of sp³-hybridized carbons (Fsp3) is 0.346. The molecular weight excluding hydrogens is 478 g/mol. The monoisotopic (exact) mass is 507 g/mol. The van der Waals surface area contributed by atoms with Crippen molar-refractivity contribution in [2.45, 2.75) is 25.3 Å². The van der Waals surface area contributed by atoms with Gasteiger partial charge >= 0.3 is 0 Å². The molecule has 36 heavy (non-hydrogen) atoms. The van der Waals surface area contributed by atoms with E-state index >= 15 is 0 Å². The van der Waals surface area contributed by atoms with Crippen molar-refractivity contribution in [2.75, 3.05) is 32.6 Å². The van der Waals surface area contributed by atoms with Gasteiger partial charge in [-0.3, -0.25) is 19.4 Å². The number of ether oxygens (including phenoxy) is 1. The molecule has 2 aliphatic rings. The summed E-state index contributed by atoms with van der Waals surface area (Å²) in [6.45, 7) is 1.56. The molecule has 3 amide bonds. The zero-order valence-corrected chi connectivity index (χ0v) is 20.9. The summed E-state index contributed by atoms with van der Waals surface area (Å²) in [5, 5.41) is 6.10. The number of hydrogen-bond acceptors (Lipinski definition) is 7. The van der Waals surface area contributed by atoms with Gasteiger partial charge in [0.25, 0.3) is 5.91 Å². The molecular formula is C26H29N5O4S. The molecule has 2 aromatic rings. The van der Waals surface area contributed by atoms with Crippen molar-refractivity contribution >= 4 is 46.2 Å². The standard InChI is InChI=1S/C26H29N5O4S/c1-35-15-7-13-27-23(33)17-36-26-30-20-11-6-5-10-19(20)24-29-21(25(34)31(24)26)16-22(32)28-14-12-18-8-3-2-4-9-18/h2-6,8-11,21H,7,12-17H2,1H3,(H,27,33)(H,28,32)/t21-/m1/s1. The Morgan fingerprint density at radius 3 is 2.58 bits per heavy atom. The van der Waals surface area contributed by atoms with Crippen LogP contribution in [0.1, 0.15) is 24.0 Å². The maximum Gasteiger partial charge on any atom is 0.259 e. The van der Waals surface area contributed by atoms with Crippen LogP contribution in [0.4, 0.5) is 5.69 Å². The summed E-state index contributed by atoms with van der Waals surface area (Å²) in [7, 11) is 1.62. The van der Waals surface area contributed by atoms with Gasteiger partial charge in [-0.05, 0) is 30.5 Å². The van der Waals surface area contributed by atoms with Gasteiger partial charge in [0.15, 0.2) is 5.17 Å². The summed E-state index contributed by atoms with van der Waals surface area (Å²) in [6, 6.07) is 16.5. The van der Waals surface area contributed by atoms with Crippen LogP contribution >= 0.6 is 11.8 Å². The zero-order chi connectivity index (χ0) is 25.3. The summed E-state index contributed by atoms with van der Waals surface area (Å²) in [5.41, 5.74) is 2.53. The van der Waals surface area contributed by atoms with Crippen LogP contribution in [-0.2, 0) is 25.5 Å². The topological polar surface area (TPSA) is 112 Å². The van der Waals surface area contributed by atoms with Crippen LogP contribution in [0.25, 0.3) is 0 Å². The first kappa shape index (κ1) is 25.6. The normalized spacial score (nSPS) is 16.1. The van der Waals surface area contributed by atoms with E-state index in [4.69, 9.17) is 4.74 Å². The van der Waals surface area contributed by atoms with Gasteiger partial charge in [-0.25, -0.2) is 9.89 Å². The van der Waals surface area contributed by atoms with E-state index in [0.717, 1.165) is 17.5 Å². The Bertz CT molecular complexity index is 1170. The Hall–Kier alpha value is -3.50. The van der Waals surface area contributed by atoms with Crippen molar-refractivity contribution in [3.05, 3.63) is 65.7 Å². The van der Waals surface area contributed by atoms with Crippen molar-refractivity contribution < 1.29 is 19.1 Å². The van der Waals surface area contributed by atoms with Crippen LogP contribution in [0.15, 0.2) is 64.6 Å². The second kappa shape index (κ2) is 12.5. The second-order valence-electron chi connectivity index (χ2n) is 8.33. The predicted octanol–water partition coefficient (Wildman–Crippen LogP) is 2.28. The largest absolute Gasteiger partial charge is 0.385 e. The predicted molar refractivity (Wildman–Crippen MR) is 140 cm³/mol. The molecule has 0 aromatic heterocycles. The van der Waals surface area contributed by atoms with Gasteiger partial charge in [-0.1, -0.05) is 54.2 Å². The van der Waals surface area contributed by atoms with Gasteiger partial charge in [0.1, 0.15) is 11.9 Å². The van der Waals surface area contributed by atoms with Gasteiger partial charge < -0.3 is 15.4 Å². The van der Waals surface area contributed by atoms with E-state index in [1.165, 1.54) is 16.7 Å². The lowest BCUT2D eigenvalue weighted by molar-refractivity contribution is -0.128. The van der Waals surface area contributed by atoms with Crippen LogP contribution in [0.5, 0.6) is 0 Å². The summed E-state index contributed by atoms with van der Waals surface area (Å²) >= 11 is 1.18. The highest BCUT2D eigenvalue weighted by atomic mass is 32.2. The highest BCUT2D eigenvalue weighted by Gasteiger charge is 2.42. The molecule has 0 bridgehead atoms. The number of fused-ring (bicyclic) bond motifs is 3. The lowest BCUT2D eigenvalue weighted by Crippen LogP contribution is -2.42. The molecule has 10 heteroatoms. The first-order valence-corrected chi connectivity index (χ1v) is 12.8. The lowest BCUT2D eigenvalue weighted by Gasteiger charge is -2.25. The Labute approximate surface area is 214 Å². The summed E-state index contributed by atoms with van der Waals surface area (Å²) < 4.78 is 4.99. The Morgan fingerprint density at radius 1 is 1.03 bits per heavy atom. The Balaban J connectivity index is 1.39. The van der Waals surface area contributed by atoms with Gasteiger partial charge in [0.05, 0.1) is 17.9 Å². The number of nitrogens with zero attached hydrogens (tertiary/aromatic N) is 3. The third-order valence-electron chi connectivity index (χ3n) is 5.68. The third kappa shape index (κ3) is 6.38. The number of carbonyl (C=O) groups is 3. The van der Waals surface area contributed by atoms with Crippen molar-refractivity contribution in [1.82, 2.24) is 15.5 Å². The van der Waals surface area contributed by atoms with Gasteiger partial charge in [-0.2, -0.15) is 0 Å². The van der Waals surface area contributed by atoms with E-state index in [-0.39, 0.29) is 29.9 Å². The van der Waals surface area contributed by atoms with E-state index in [9.17, 15) is 14.4 Å². The molecule has 0 aliphatic carbocycles. The van der Waals surface area contributed by atoms with Crippen molar-refractivity contribution in [3.63, 3.8) is 0 Å². The number of amidine groups is 2. The second-order valence-corrected chi connectivity index (χ2v) is 9.27. The summed E-state index contributed by atoms with van der Waals surface area (Å²) in [6.07, 6.45) is 1.38. The maximum atomic E-state index is 13.3. The molecule has 9 nitrogen and oxygen atoms in total. The van der Waals surface area contributed by atoms with E-state index in [1.807, 2.05) is 54.6 Å². The summed E-state index contributed by atoms with van der Waals surface area (Å²) in [4.78, 5) is 48.8. The first-order chi connectivity index (χ1) is 17.6. The quantitative estimate of drug-likeness (QED) is 0.453. The number of thioether (sulfide) groups is 1. The minimum atomic E-state index is -0.837. The first-order valence-electron chi connectivity index (χ1n) is 11.9. The minimum Gasteiger partial charge on any atom is -0.385 e. The maximum absolute atomic E-state index is 13.3. The minimum absolute atomic E-state index is 0.0479. The molecule has 0 radical (unpaired) electrons. The highest BCUT2D eigenvalue weighted by molar-refractivity contribution is 8.14. The number of carbonyl (C=O) groups excluding carboxylic acids is 3. The van der Waals surface area contributed by atoms with Crippen molar-refractivity contribution in [1.29, 1.82) is 0 Å². The van der Waals surface area contributed by atoms with E-state index in [1.54, 1.807) is 7.11 Å². The SMILES string of the molecule is COCCCNC(=O)CSC1=Nc2ccccc2C2=N[C@H](CC(=O)NCCc3ccccc3)C(=O)N12. The Morgan fingerprint density at radius 2 is 1.78 bits per heavy atom. The third-order valence-corrected chi connectivity index (χ3v) is 6.62. The molecule has 2 aliphatic heterocycles. The van der Waals surface area contributed by atoms with Crippen LogP contribution in [0.2, 0.25) is 0 Å². The van der Waals surface area contributed by atoms with Crippen molar-refractivity contribution in [2.24, 2.45) is 9.98 Å². The van der Waals surface area contributed by atoms with E-state index in [2.05, 4.69) is 20.6 Å². The molecule has 0 fully saturated rings. The average molecular weight is 508 g/mol. The highest BCUT2D eigenvalue weighted by Crippen LogP contribution is 2.33. The number of nitrogens with one attached hydrogen (secondary N) is 2. The number of aliphatic imine (C=N–C) groups is 2. The van der Waals surface area contributed by atoms with E-state index < -0.39 is 6.04 Å². The number of benzene rings is 2. The molecule has 0 saturated heterocycles. The molecule has 2 N–H and O–H groups in total. The van der Waals surface area contributed by atoms with Gasteiger partial charge in [0.2, 0.25) is 11.8 Å². The lowest BCUT2D eigenvalue weighted by atomic mass is 10.1. The van der Waals surface area contributed by atoms with Crippen LogP contribution < -0.4 is 10.6 Å². The van der Waals surface area contributed by atoms with Crippen LogP contribution in [-0.4, -0.2) is 72.2 Å². The number of amides is 3. The van der Waals surface area contributed by atoms with Gasteiger partial charge in [-0.15, -0.1) is 0 Å². The number of hydrogen-bond donors (Lipinski definition) is 2. The molecule has 0 unspecified atom stereocenters. The molecule has 2 aromatic carbocycles. The van der Waals surface area contributed by atoms with Crippen LogP contribution in [0.3, 0.4) is 0 Å². The molecule has 0 saturated carbocycles. The summed E-state index contributed by atoms with van der Waals surface area (Å²) in [5.74, 6) is -0.129. The molecule has 1 atom stereocenters. The average Bonchev–Trinajstić information content (AvgIpc) is 3.22. The molecule has 188 valence electrons.